The van der Waals surface area contributed by atoms with Crippen LogP contribution in [0.15, 0.2) is 0 Å². The van der Waals surface area contributed by atoms with Crippen molar-refractivity contribution < 1.29 is 9.53 Å². The summed E-state index contributed by atoms with van der Waals surface area (Å²) in [6.45, 7) is 7.85. The summed E-state index contributed by atoms with van der Waals surface area (Å²) >= 11 is 1.62. The summed E-state index contributed by atoms with van der Waals surface area (Å²) in [5, 5.41) is 1.10. The summed E-state index contributed by atoms with van der Waals surface area (Å²) in [7, 11) is 1.42. The van der Waals surface area contributed by atoms with Crippen molar-refractivity contribution in [3.8, 4) is 0 Å². The zero-order valence-corrected chi connectivity index (χ0v) is 11.4. The highest BCUT2D eigenvalue weighted by Crippen LogP contribution is 2.33. The Balaban J connectivity index is 3.07. The van der Waals surface area contributed by atoms with Crippen LogP contribution in [-0.4, -0.2) is 18.1 Å². The van der Waals surface area contributed by atoms with Crippen molar-refractivity contribution in [3.63, 3.8) is 0 Å². The molecule has 90 valence electrons. The van der Waals surface area contributed by atoms with Crippen LogP contribution < -0.4 is 0 Å². The Hall–Kier alpha value is -0.900. The van der Waals surface area contributed by atoms with Gasteiger partial charge < -0.3 is 4.74 Å². The summed E-state index contributed by atoms with van der Waals surface area (Å²) in [5.74, 6) is -0.206. The van der Waals surface area contributed by atoms with E-state index in [9.17, 15) is 4.79 Å². The van der Waals surface area contributed by atoms with E-state index >= 15 is 0 Å². The second kappa shape index (κ2) is 4.95. The lowest BCUT2D eigenvalue weighted by Crippen LogP contribution is -2.29. The Morgan fingerprint density at radius 1 is 1.50 bits per heavy atom. The van der Waals surface area contributed by atoms with Gasteiger partial charge in [0.1, 0.15) is 0 Å². The maximum atomic E-state index is 11.7. The van der Waals surface area contributed by atoms with E-state index in [1.165, 1.54) is 7.11 Å². The molecule has 0 aromatic carbocycles. The number of aryl methyl sites for hydroxylation is 2. The van der Waals surface area contributed by atoms with E-state index in [0.29, 0.717) is 0 Å². The third kappa shape index (κ3) is 2.43. The first kappa shape index (κ1) is 13.2. The Labute approximate surface area is 101 Å². The monoisotopic (exact) mass is 241 g/mol. The van der Waals surface area contributed by atoms with Crippen LogP contribution in [0.25, 0.3) is 0 Å². The molecule has 0 radical (unpaired) electrons. The lowest BCUT2D eigenvalue weighted by atomic mass is 9.91. The quantitative estimate of drug-likeness (QED) is 0.761. The van der Waals surface area contributed by atoms with Gasteiger partial charge in [0.25, 0.3) is 0 Å². The second-order valence-corrected chi connectivity index (χ2v) is 5.47. The number of esters is 1. The summed E-state index contributed by atoms with van der Waals surface area (Å²) in [6.07, 6.45) is 2.05. The number of nitrogens with zero attached hydrogens (tertiary/aromatic N) is 1. The molecule has 0 spiro atoms. The van der Waals surface area contributed by atoms with Gasteiger partial charge in [0.05, 0.1) is 23.2 Å². The highest BCUT2D eigenvalue weighted by Gasteiger charge is 2.34. The summed E-state index contributed by atoms with van der Waals surface area (Å²) < 4.78 is 4.83. The number of methoxy groups -OCH3 is 1. The van der Waals surface area contributed by atoms with Gasteiger partial charge in [-0.3, -0.25) is 4.79 Å². The van der Waals surface area contributed by atoms with Gasteiger partial charge in [-0.1, -0.05) is 6.92 Å². The standard InChI is InChI=1S/C12H19NO2S/c1-6-7-9-13-8(2)10(16-9)12(3,4)11(14)15-5/h6-7H2,1-5H3. The molecule has 0 saturated carbocycles. The van der Waals surface area contributed by atoms with E-state index < -0.39 is 5.41 Å². The molecule has 0 aliphatic carbocycles. The molecule has 0 unspecified atom stereocenters. The SMILES string of the molecule is CCCc1nc(C)c(C(C)(C)C(=O)OC)s1. The molecular weight excluding hydrogens is 222 g/mol. The fraction of sp³-hybridized carbons (Fsp3) is 0.667. The fourth-order valence-corrected chi connectivity index (χ4v) is 2.96. The number of thiazole rings is 1. The highest BCUT2D eigenvalue weighted by molar-refractivity contribution is 7.12. The summed E-state index contributed by atoms with van der Waals surface area (Å²) in [4.78, 5) is 17.2. The minimum absolute atomic E-state index is 0.206. The average molecular weight is 241 g/mol. The number of rotatable bonds is 4. The maximum absolute atomic E-state index is 11.7. The molecular formula is C12H19NO2S. The van der Waals surface area contributed by atoms with Crippen LogP contribution in [0.3, 0.4) is 0 Å². The van der Waals surface area contributed by atoms with Crippen molar-refractivity contribution in [2.45, 2.75) is 46.0 Å². The van der Waals surface area contributed by atoms with Gasteiger partial charge in [-0.05, 0) is 33.6 Å². The first-order valence-corrected chi connectivity index (χ1v) is 6.30. The van der Waals surface area contributed by atoms with E-state index in [0.717, 1.165) is 28.4 Å². The smallest absolute Gasteiger partial charge is 0.316 e. The molecule has 0 amide bonds. The lowest BCUT2D eigenvalue weighted by Gasteiger charge is -2.20. The Kier molecular flexibility index (Phi) is 4.08. The Morgan fingerprint density at radius 2 is 2.12 bits per heavy atom. The zero-order chi connectivity index (χ0) is 12.3. The van der Waals surface area contributed by atoms with E-state index in [2.05, 4.69) is 11.9 Å². The van der Waals surface area contributed by atoms with E-state index in [-0.39, 0.29) is 5.97 Å². The predicted molar refractivity (Wildman–Crippen MR) is 65.9 cm³/mol. The molecule has 0 bridgehead atoms. The number of hydrogen-bond donors (Lipinski definition) is 0. The first-order valence-electron chi connectivity index (χ1n) is 5.48. The first-order chi connectivity index (χ1) is 7.43. The normalized spacial score (nSPS) is 11.6. The highest BCUT2D eigenvalue weighted by atomic mass is 32.1. The van der Waals surface area contributed by atoms with Crippen molar-refractivity contribution in [1.82, 2.24) is 4.98 Å². The van der Waals surface area contributed by atoms with Gasteiger partial charge in [-0.15, -0.1) is 11.3 Å². The Bertz CT molecular complexity index is 382. The van der Waals surface area contributed by atoms with Gasteiger partial charge in [0, 0.05) is 4.88 Å². The largest absolute Gasteiger partial charge is 0.468 e. The summed E-state index contributed by atoms with van der Waals surface area (Å²) in [6, 6.07) is 0. The molecule has 0 N–H and O–H groups in total. The third-order valence-corrected chi connectivity index (χ3v) is 4.11. The number of carbonyl (C=O) groups excluding carboxylic acids is 1. The molecule has 1 heterocycles. The number of hydrogen-bond acceptors (Lipinski definition) is 4. The Morgan fingerprint density at radius 3 is 2.62 bits per heavy atom. The van der Waals surface area contributed by atoms with E-state index in [1.807, 2.05) is 20.8 Å². The van der Waals surface area contributed by atoms with Gasteiger partial charge in [0.2, 0.25) is 0 Å². The lowest BCUT2D eigenvalue weighted by molar-refractivity contribution is -0.146. The van der Waals surface area contributed by atoms with Crippen LogP contribution in [0.5, 0.6) is 0 Å². The molecule has 1 aromatic heterocycles. The average Bonchev–Trinajstić information content (AvgIpc) is 2.59. The molecule has 1 aromatic rings. The van der Waals surface area contributed by atoms with Gasteiger partial charge in [-0.25, -0.2) is 4.98 Å². The van der Waals surface area contributed by atoms with Crippen molar-refractivity contribution in [3.05, 3.63) is 15.6 Å². The minimum atomic E-state index is -0.595. The second-order valence-electron chi connectivity index (χ2n) is 4.39. The number of aromatic nitrogens is 1. The number of ether oxygens (including phenoxy) is 1. The summed E-state index contributed by atoms with van der Waals surface area (Å²) in [5.41, 5.74) is 0.353. The van der Waals surface area contributed by atoms with Crippen LogP contribution in [0.1, 0.15) is 42.8 Å². The van der Waals surface area contributed by atoms with E-state index in [4.69, 9.17) is 4.74 Å². The fourth-order valence-electron chi connectivity index (χ4n) is 1.70. The van der Waals surface area contributed by atoms with E-state index in [1.54, 1.807) is 11.3 Å². The van der Waals surface area contributed by atoms with Crippen LogP contribution in [-0.2, 0) is 21.4 Å². The molecule has 0 fully saturated rings. The molecule has 16 heavy (non-hydrogen) atoms. The molecule has 0 aliphatic heterocycles. The van der Waals surface area contributed by atoms with Crippen molar-refractivity contribution in [2.24, 2.45) is 0 Å². The predicted octanol–water partition coefficient (Wildman–Crippen LogP) is 2.85. The van der Waals surface area contributed by atoms with Crippen LogP contribution >= 0.6 is 11.3 Å². The van der Waals surface area contributed by atoms with Crippen LogP contribution in [0.4, 0.5) is 0 Å². The molecule has 0 atom stereocenters. The molecule has 0 saturated heterocycles. The van der Waals surface area contributed by atoms with Crippen LogP contribution in [0, 0.1) is 6.92 Å². The number of carbonyl (C=O) groups is 1. The molecule has 1 rings (SSSR count). The topological polar surface area (TPSA) is 39.2 Å². The molecule has 3 nitrogen and oxygen atoms in total. The molecule has 0 aliphatic rings. The van der Waals surface area contributed by atoms with Crippen molar-refractivity contribution >= 4 is 17.3 Å². The van der Waals surface area contributed by atoms with Gasteiger partial charge >= 0.3 is 5.97 Å². The van der Waals surface area contributed by atoms with Crippen LogP contribution in [0.2, 0.25) is 0 Å². The molecule has 4 heteroatoms. The minimum Gasteiger partial charge on any atom is -0.468 e. The van der Waals surface area contributed by atoms with Gasteiger partial charge in [0.15, 0.2) is 0 Å². The van der Waals surface area contributed by atoms with Crippen molar-refractivity contribution in [1.29, 1.82) is 0 Å². The maximum Gasteiger partial charge on any atom is 0.316 e. The third-order valence-electron chi connectivity index (χ3n) is 2.57. The van der Waals surface area contributed by atoms with Crippen molar-refractivity contribution in [2.75, 3.05) is 7.11 Å². The van der Waals surface area contributed by atoms with Gasteiger partial charge in [-0.2, -0.15) is 0 Å². The zero-order valence-electron chi connectivity index (χ0n) is 10.6.